The standard InChI is InChI=1S/C11H4ClF7N4O/c12-5-1-3-4(11(18,19)24-10(3,16)17)2-6(5)23-8(20)21-7(22-23)9(13,14)15/h1-2H,(H2,20,21,22). The number of ether oxygens (including phenoxy) is 1. The first kappa shape index (κ1) is 16.8. The lowest BCUT2D eigenvalue weighted by molar-refractivity contribution is -0.369. The fourth-order valence-electron chi connectivity index (χ4n) is 2.10. The molecule has 0 saturated heterocycles. The van der Waals surface area contributed by atoms with E-state index >= 15 is 0 Å². The summed E-state index contributed by atoms with van der Waals surface area (Å²) in [5.74, 6) is -2.47. The number of halogens is 8. The van der Waals surface area contributed by atoms with Crippen molar-refractivity contribution in [1.29, 1.82) is 0 Å². The van der Waals surface area contributed by atoms with E-state index in [4.69, 9.17) is 17.3 Å². The first-order chi connectivity index (χ1) is 10.8. The molecule has 2 N–H and O–H groups in total. The molecule has 1 aromatic carbocycles. The van der Waals surface area contributed by atoms with Crippen molar-refractivity contribution < 1.29 is 35.5 Å². The summed E-state index contributed by atoms with van der Waals surface area (Å²) in [5.41, 5.74) is 2.20. The van der Waals surface area contributed by atoms with Gasteiger partial charge in [-0.15, -0.1) is 5.10 Å². The molecule has 0 aliphatic carbocycles. The molecule has 0 unspecified atom stereocenters. The SMILES string of the molecule is Nc1nc(C(F)(F)F)nn1-c1cc2c(cc1Cl)C(F)(F)OC2(F)F. The number of hydrogen-bond acceptors (Lipinski definition) is 4. The second-order valence-electron chi connectivity index (χ2n) is 4.69. The number of alkyl halides is 7. The largest absolute Gasteiger partial charge is 0.453 e. The van der Waals surface area contributed by atoms with Crippen LogP contribution < -0.4 is 5.73 Å². The fourth-order valence-corrected chi connectivity index (χ4v) is 2.34. The Kier molecular flexibility index (Phi) is 3.30. The van der Waals surface area contributed by atoms with Crippen LogP contribution in [0.3, 0.4) is 0 Å². The number of nitrogen functional groups attached to an aromatic ring is 1. The molecular formula is C11H4ClF7N4O. The first-order valence-corrected chi connectivity index (χ1v) is 6.31. The second-order valence-corrected chi connectivity index (χ2v) is 5.10. The molecule has 1 aliphatic rings. The van der Waals surface area contributed by atoms with E-state index in [0.29, 0.717) is 16.8 Å². The molecule has 24 heavy (non-hydrogen) atoms. The van der Waals surface area contributed by atoms with Gasteiger partial charge in [-0.3, -0.25) is 0 Å². The number of nitrogens with zero attached hydrogens (tertiary/aromatic N) is 3. The smallest absolute Gasteiger partial charge is 0.368 e. The minimum absolute atomic E-state index is 0.317. The van der Waals surface area contributed by atoms with Crippen LogP contribution >= 0.6 is 11.6 Å². The quantitative estimate of drug-likeness (QED) is 0.772. The van der Waals surface area contributed by atoms with Crippen molar-refractivity contribution in [3.05, 3.63) is 34.1 Å². The van der Waals surface area contributed by atoms with Crippen LogP contribution in [0.4, 0.5) is 36.7 Å². The van der Waals surface area contributed by atoms with E-state index in [1.54, 1.807) is 0 Å². The Hall–Kier alpha value is -2.08. The maximum atomic E-state index is 13.6. The number of nitrogens with two attached hydrogens (primary N) is 1. The Balaban J connectivity index is 2.21. The van der Waals surface area contributed by atoms with E-state index in [0.717, 1.165) is 0 Å². The summed E-state index contributed by atoms with van der Waals surface area (Å²) in [6.45, 7) is 0. The summed E-state index contributed by atoms with van der Waals surface area (Å²) >= 11 is 5.70. The van der Waals surface area contributed by atoms with Gasteiger partial charge in [0.15, 0.2) is 0 Å². The molecule has 2 heterocycles. The number of fused-ring (bicyclic) bond motifs is 1. The first-order valence-electron chi connectivity index (χ1n) is 5.93. The molecule has 0 fully saturated rings. The summed E-state index contributed by atoms with van der Waals surface area (Å²) in [5, 5.41) is 2.42. The molecule has 0 bridgehead atoms. The van der Waals surface area contributed by atoms with Crippen LogP contribution in [-0.2, 0) is 23.1 Å². The highest BCUT2D eigenvalue weighted by molar-refractivity contribution is 6.32. The van der Waals surface area contributed by atoms with Gasteiger partial charge in [0.1, 0.15) is 0 Å². The van der Waals surface area contributed by atoms with Crippen molar-refractivity contribution >= 4 is 17.5 Å². The van der Waals surface area contributed by atoms with Crippen LogP contribution in [0.5, 0.6) is 0 Å². The van der Waals surface area contributed by atoms with Gasteiger partial charge >= 0.3 is 18.4 Å². The third-order valence-corrected chi connectivity index (χ3v) is 3.39. The summed E-state index contributed by atoms with van der Waals surface area (Å²) in [6, 6.07) is 0.866. The summed E-state index contributed by atoms with van der Waals surface area (Å²) in [4.78, 5) is 2.94. The highest BCUT2D eigenvalue weighted by Gasteiger charge is 2.57. The predicted molar refractivity (Wildman–Crippen MR) is 64.7 cm³/mol. The van der Waals surface area contributed by atoms with Crippen molar-refractivity contribution in [3.63, 3.8) is 0 Å². The molecule has 13 heteroatoms. The van der Waals surface area contributed by atoms with Crippen molar-refractivity contribution in [2.75, 3.05) is 5.73 Å². The molecule has 0 saturated carbocycles. The van der Waals surface area contributed by atoms with Gasteiger partial charge in [-0.2, -0.15) is 40.4 Å². The van der Waals surface area contributed by atoms with Crippen LogP contribution in [0, 0.1) is 0 Å². The van der Waals surface area contributed by atoms with Gasteiger partial charge < -0.3 is 5.73 Å². The van der Waals surface area contributed by atoms with Crippen molar-refractivity contribution in [2.45, 2.75) is 18.4 Å². The van der Waals surface area contributed by atoms with E-state index < -0.39 is 52.0 Å². The predicted octanol–water partition coefficient (Wildman–Crippen LogP) is 3.65. The maximum Gasteiger partial charge on any atom is 0.453 e. The Bertz CT molecular complexity index is 833. The molecule has 0 atom stereocenters. The van der Waals surface area contributed by atoms with Gasteiger partial charge in [0.05, 0.1) is 21.8 Å². The molecule has 1 aromatic heterocycles. The second kappa shape index (κ2) is 4.72. The average molecular weight is 377 g/mol. The third-order valence-electron chi connectivity index (χ3n) is 3.08. The zero-order valence-corrected chi connectivity index (χ0v) is 11.8. The summed E-state index contributed by atoms with van der Waals surface area (Å²) < 4.78 is 95.3. The Morgan fingerprint density at radius 2 is 1.62 bits per heavy atom. The minimum atomic E-state index is -4.96. The molecule has 0 spiro atoms. The molecule has 130 valence electrons. The van der Waals surface area contributed by atoms with Gasteiger partial charge in [-0.25, -0.2) is 4.74 Å². The summed E-state index contributed by atoms with van der Waals surface area (Å²) in [6.07, 6.45) is -13.6. The van der Waals surface area contributed by atoms with Gasteiger partial charge in [0.25, 0.3) is 5.82 Å². The Morgan fingerprint density at radius 1 is 1.08 bits per heavy atom. The highest BCUT2D eigenvalue weighted by Crippen LogP contribution is 2.52. The molecule has 0 radical (unpaired) electrons. The van der Waals surface area contributed by atoms with Crippen LogP contribution in [0.15, 0.2) is 12.1 Å². The lowest BCUT2D eigenvalue weighted by atomic mass is 10.1. The maximum absolute atomic E-state index is 13.6. The van der Waals surface area contributed by atoms with E-state index in [9.17, 15) is 30.7 Å². The number of benzene rings is 1. The Labute approximate surface area is 132 Å². The third kappa shape index (κ3) is 2.45. The van der Waals surface area contributed by atoms with Gasteiger partial charge in [0, 0.05) is 0 Å². The van der Waals surface area contributed by atoms with E-state index in [-0.39, 0.29) is 0 Å². The Morgan fingerprint density at radius 3 is 2.12 bits per heavy atom. The molecule has 0 amide bonds. The van der Waals surface area contributed by atoms with Crippen LogP contribution in [0.25, 0.3) is 5.69 Å². The van der Waals surface area contributed by atoms with Crippen LogP contribution in [0.2, 0.25) is 5.02 Å². The monoisotopic (exact) mass is 376 g/mol. The molecule has 3 rings (SSSR count). The van der Waals surface area contributed by atoms with E-state index in [1.165, 1.54) is 0 Å². The molecule has 1 aliphatic heterocycles. The van der Waals surface area contributed by atoms with Gasteiger partial charge in [-0.05, 0) is 12.1 Å². The lowest BCUT2D eigenvalue weighted by Gasteiger charge is -2.11. The highest BCUT2D eigenvalue weighted by atomic mass is 35.5. The minimum Gasteiger partial charge on any atom is -0.368 e. The lowest BCUT2D eigenvalue weighted by Crippen LogP contribution is -2.17. The number of rotatable bonds is 1. The van der Waals surface area contributed by atoms with Crippen molar-refractivity contribution in [2.24, 2.45) is 0 Å². The van der Waals surface area contributed by atoms with Crippen molar-refractivity contribution in [1.82, 2.24) is 14.8 Å². The van der Waals surface area contributed by atoms with E-state index in [2.05, 4.69) is 14.8 Å². The number of aromatic nitrogens is 3. The van der Waals surface area contributed by atoms with Crippen LogP contribution in [0.1, 0.15) is 17.0 Å². The normalized spacial score (nSPS) is 18.7. The molecular weight excluding hydrogens is 373 g/mol. The number of anilines is 1. The fraction of sp³-hybridized carbons (Fsp3) is 0.273. The van der Waals surface area contributed by atoms with E-state index in [1.807, 2.05) is 0 Å². The molecule has 2 aromatic rings. The zero-order chi connectivity index (χ0) is 18.1. The zero-order valence-electron chi connectivity index (χ0n) is 11.0. The van der Waals surface area contributed by atoms with Gasteiger partial charge in [-0.1, -0.05) is 11.6 Å². The summed E-state index contributed by atoms with van der Waals surface area (Å²) in [7, 11) is 0. The average Bonchev–Trinajstić information content (AvgIpc) is 2.85. The molecule has 5 nitrogen and oxygen atoms in total. The topological polar surface area (TPSA) is 66.0 Å². The van der Waals surface area contributed by atoms with Crippen LogP contribution in [-0.4, -0.2) is 14.8 Å². The van der Waals surface area contributed by atoms with Crippen molar-refractivity contribution in [3.8, 4) is 5.69 Å². The number of hydrogen-bond donors (Lipinski definition) is 1. The van der Waals surface area contributed by atoms with Gasteiger partial charge in [0.2, 0.25) is 5.95 Å².